The molecule has 0 fully saturated rings. The van der Waals surface area contributed by atoms with Crippen LogP contribution in [0.2, 0.25) is 0 Å². The minimum Gasteiger partial charge on any atom is -0.409 e. The Morgan fingerprint density at radius 2 is 2.24 bits per heavy atom. The summed E-state index contributed by atoms with van der Waals surface area (Å²) in [6.45, 7) is 0. The number of amidine groups is 1. The van der Waals surface area contributed by atoms with Gasteiger partial charge in [0.05, 0.1) is 17.3 Å². The number of anilines is 1. The van der Waals surface area contributed by atoms with E-state index in [0.29, 0.717) is 4.47 Å². The third-order valence-corrected chi connectivity index (χ3v) is 3.42. The Balaban J connectivity index is 2.36. The largest absolute Gasteiger partial charge is 0.409 e. The molecule has 7 nitrogen and oxygen atoms in total. The summed E-state index contributed by atoms with van der Waals surface area (Å²) in [5, 5.41) is 18.0. The highest BCUT2D eigenvalue weighted by atomic mass is 79.9. The number of carbonyl (C=O) groups excluding carboxylic acids is 1. The lowest BCUT2D eigenvalue weighted by atomic mass is 10.2. The molecule has 1 aromatic carbocycles. The summed E-state index contributed by atoms with van der Waals surface area (Å²) in [6.07, 6.45) is 1.34. The van der Waals surface area contributed by atoms with Gasteiger partial charge in [-0.1, -0.05) is 5.16 Å². The number of benzene rings is 1. The molecule has 2 rings (SSSR count). The van der Waals surface area contributed by atoms with Crippen molar-refractivity contribution < 1.29 is 14.4 Å². The topological polar surface area (TPSA) is 106 Å². The van der Waals surface area contributed by atoms with Crippen LogP contribution < -0.4 is 11.1 Å². The molecule has 0 atom stereocenters. The minimum absolute atomic E-state index is 0.113. The van der Waals surface area contributed by atoms with E-state index in [0.717, 1.165) is 6.07 Å². The number of amides is 1. The van der Waals surface area contributed by atoms with Gasteiger partial charge < -0.3 is 16.3 Å². The maximum Gasteiger partial charge on any atom is 0.258 e. The van der Waals surface area contributed by atoms with E-state index in [4.69, 9.17) is 10.9 Å². The van der Waals surface area contributed by atoms with Crippen molar-refractivity contribution >= 4 is 33.5 Å². The molecule has 0 aliphatic carbocycles. The molecule has 9 heteroatoms. The van der Waals surface area contributed by atoms with Crippen LogP contribution in [0.15, 0.2) is 34.0 Å². The Morgan fingerprint density at radius 3 is 2.90 bits per heavy atom. The summed E-state index contributed by atoms with van der Waals surface area (Å²) in [5.41, 5.74) is 5.87. The second kappa shape index (κ2) is 5.92. The second-order valence-electron chi connectivity index (χ2n) is 4.09. The molecule has 1 aromatic heterocycles. The lowest BCUT2D eigenvalue weighted by Gasteiger charge is -2.09. The van der Waals surface area contributed by atoms with Crippen molar-refractivity contribution in [2.24, 2.45) is 17.9 Å². The van der Waals surface area contributed by atoms with Crippen LogP contribution in [0.3, 0.4) is 0 Å². The number of hydrogen-bond acceptors (Lipinski definition) is 4. The number of rotatable bonds is 3. The molecule has 1 amide bonds. The van der Waals surface area contributed by atoms with Crippen LogP contribution in [0, 0.1) is 5.82 Å². The monoisotopic (exact) mass is 355 g/mol. The summed E-state index contributed by atoms with van der Waals surface area (Å²) in [6, 6.07) is 3.75. The van der Waals surface area contributed by atoms with Crippen molar-refractivity contribution in [3.05, 3.63) is 45.8 Å². The first-order valence-electron chi connectivity index (χ1n) is 5.70. The number of aryl methyl sites for hydroxylation is 1. The zero-order valence-corrected chi connectivity index (χ0v) is 12.4. The fraction of sp³-hybridized carbons (Fsp3) is 0.0833. The molecule has 0 saturated heterocycles. The van der Waals surface area contributed by atoms with Gasteiger partial charge in [0.2, 0.25) is 0 Å². The van der Waals surface area contributed by atoms with E-state index in [9.17, 15) is 9.18 Å². The standard InChI is InChI=1S/C12H11BrFN5O2/c1-19-11(8(5-16-19)10(15)18-21)17-12(20)7-4-6(14)2-3-9(7)13/h2-5,21H,1H3,(H2,15,18)(H,17,20). The lowest BCUT2D eigenvalue weighted by Crippen LogP contribution is -2.20. The van der Waals surface area contributed by atoms with Crippen molar-refractivity contribution in [3.63, 3.8) is 0 Å². The van der Waals surface area contributed by atoms with Gasteiger partial charge in [0.15, 0.2) is 5.84 Å². The molecule has 2 aromatic rings. The van der Waals surface area contributed by atoms with Crippen molar-refractivity contribution in [1.29, 1.82) is 0 Å². The van der Waals surface area contributed by atoms with Crippen LogP contribution in [0.25, 0.3) is 0 Å². The summed E-state index contributed by atoms with van der Waals surface area (Å²) in [4.78, 5) is 12.2. The molecule has 0 bridgehead atoms. The third-order valence-electron chi connectivity index (χ3n) is 2.73. The molecule has 4 N–H and O–H groups in total. The van der Waals surface area contributed by atoms with Gasteiger partial charge in [-0.25, -0.2) is 4.39 Å². The van der Waals surface area contributed by atoms with Crippen LogP contribution in [-0.2, 0) is 7.05 Å². The zero-order valence-electron chi connectivity index (χ0n) is 10.8. The Morgan fingerprint density at radius 1 is 1.52 bits per heavy atom. The van der Waals surface area contributed by atoms with Crippen molar-refractivity contribution in [3.8, 4) is 0 Å². The van der Waals surface area contributed by atoms with E-state index in [1.54, 1.807) is 7.05 Å². The van der Waals surface area contributed by atoms with Crippen molar-refractivity contribution in [2.45, 2.75) is 0 Å². The summed E-state index contributed by atoms with van der Waals surface area (Å²) in [5.74, 6) is -1.06. The summed E-state index contributed by atoms with van der Waals surface area (Å²) in [7, 11) is 1.57. The molecular formula is C12H11BrFN5O2. The first-order chi connectivity index (χ1) is 9.93. The molecule has 0 saturated carbocycles. The normalized spacial score (nSPS) is 11.5. The van der Waals surface area contributed by atoms with E-state index in [1.807, 2.05) is 0 Å². The van der Waals surface area contributed by atoms with Crippen LogP contribution in [0.4, 0.5) is 10.2 Å². The second-order valence-corrected chi connectivity index (χ2v) is 4.95. The number of halogens is 2. The van der Waals surface area contributed by atoms with Gasteiger partial charge >= 0.3 is 0 Å². The SMILES string of the molecule is Cn1ncc(C(N)=NO)c1NC(=O)c1cc(F)ccc1Br. The number of nitrogens with one attached hydrogen (secondary N) is 1. The zero-order chi connectivity index (χ0) is 15.6. The quantitative estimate of drug-likeness (QED) is 0.337. The lowest BCUT2D eigenvalue weighted by molar-refractivity contribution is 0.102. The Hall–Kier alpha value is -2.42. The van der Waals surface area contributed by atoms with Crippen LogP contribution in [0.1, 0.15) is 15.9 Å². The summed E-state index contributed by atoms with van der Waals surface area (Å²) < 4.78 is 15.0. The molecule has 0 unspecified atom stereocenters. The van der Waals surface area contributed by atoms with Crippen LogP contribution >= 0.6 is 15.9 Å². The predicted octanol–water partition coefficient (Wildman–Crippen LogP) is 1.67. The van der Waals surface area contributed by atoms with Gasteiger partial charge in [-0.2, -0.15) is 5.10 Å². The van der Waals surface area contributed by atoms with Gasteiger partial charge in [0.25, 0.3) is 5.91 Å². The van der Waals surface area contributed by atoms with Crippen molar-refractivity contribution in [2.75, 3.05) is 5.32 Å². The van der Waals surface area contributed by atoms with Crippen LogP contribution in [-0.4, -0.2) is 26.7 Å². The fourth-order valence-electron chi connectivity index (χ4n) is 1.67. The average molecular weight is 356 g/mol. The first-order valence-corrected chi connectivity index (χ1v) is 6.49. The molecule has 0 aliphatic heterocycles. The molecule has 21 heavy (non-hydrogen) atoms. The molecule has 1 heterocycles. The predicted molar refractivity (Wildman–Crippen MR) is 77.8 cm³/mol. The first kappa shape index (κ1) is 15.0. The van der Waals surface area contributed by atoms with Crippen molar-refractivity contribution in [1.82, 2.24) is 9.78 Å². The molecule has 0 spiro atoms. The van der Waals surface area contributed by atoms with E-state index >= 15 is 0 Å². The number of nitrogens with zero attached hydrogens (tertiary/aromatic N) is 3. The maximum absolute atomic E-state index is 13.2. The van der Waals surface area contributed by atoms with Gasteiger partial charge in [-0.05, 0) is 34.1 Å². The van der Waals surface area contributed by atoms with Gasteiger partial charge in [0, 0.05) is 11.5 Å². The van der Waals surface area contributed by atoms with E-state index in [2.05, 4.69) is 31.5 Å². The number of nitrogens with two attached hydrogens (primary N) is 1. The highest BCUT2D eigenvalue weighted by Crippen LogP contribution is 2.21. The molecule has 110 valence electrons. The molecular weight excluding hydrogens is 345 g/mol. The number of aromatic nitrogens is 2. The Kier molecular flexibility index (Phi) is 4.22. The highest BCUT2D eigenvalue weighted by Gasteiger charge is 2.18. The molecule has 0 radical (unpaired) electrons. The van der Waals surface area contributed by atoms with E-state index in [-0.39, 0.29) is 22.8 Å². The highest BCUT2D eigenvalue weighted by molar-refractivity contribution is 9.10. The third kappa shape index (κ3) is 3.02. The number of carbonyl (C=O) groups is 1. The number of hydrogen-bond donors (Lipinski definition) is 3. The molecule has 0 aliphatic rings. The average Bonchev–Trinajstić information content (AvgIpc) is 2.82. The minimum atomic E-state index is -0.558. The Labute approximate surface area is 127 Å². The smallest absolute Gasteiger partial charge is 0.258 e. The van der Waals surface area contributed by atoms with E-state index in [1.165, 1.54) is 23.0 Å². The van der Waals surface area contributed by atoms with Gasteiger partial charge in [-0.15, -0.1) is 0 Å². The number of oxime groups is 1. The summed E-state index contributed by atoms with van der Waals surface area (Å²) >= 11 is 3.18. The van der Waals surface area contributed by atoms with Gasteiger partial charge in [-0.3, -0.25) is 9.48 Å². The fourth-order valence-corrected chi connectivity index (χ4v) is 2.10. The maximum atomic E-state index is 13.2. The van der Waals surface area contributed by atoms with Crippen LogP contribution in [0.5, 0.6) is 0 Å². The Bertz CT molecular complexity index is 728. The van der Waals surface area contributed by atoms with Gasteiger partial charge in [0.1, 0.15) is 11.6 Å². The van der Waals surface area contributed by atoms with E-state index < -0.39 is 11.7 Å².